The average molecular weight is 319 g/mol. The highest BCUT2D eigenvalue weighted by Crippen LogP contribution is 2.27. The second-order valence-electron chi connectivity index (χ2n) is 4.62. The third kappa shape index (κ3) is 5.19. The predicted octanol–water partition coefficient (Wildman–Crippen LogP) is 2.96. The van der Waals surface area contributed by atoms with Gasteiger partial charge in [-0.25, -0.2) is 0 Å². The zero-order valence-electron chi connectivity index (χ0n) is 11.7. The summed E-state index contributed by atoms with van der Waals surface area (Å²) in [5.41, 5.74) is 5.53. The van der Waals surface area contributed by atoms with Crippen LogP contribution in [0.3, 0.4) is 0 Å². The van der Waals surface area contributed by atoms with Crippen molar-refractivity contribution < 1.29 is 9.53 Å². The molecule has 0 saturated carbocycles. The van der Waals surface area contributed by atoms with E-state index in [1.807, 2.05) is 6.92 Å². The van der Waals surface area contributed by atoms with E-state index >= 15 is 0 Å². The molecule has 0 aliphatic rings. The molecule has 0 aromatic heterocycles. The SMILES string of the molecule is CC(CN)N(C)C(=O)CCCOc1ccc(Cl)cc1Cl. The molecule has 2 N–H and O–H groups in total. The molecule has 0 heterocycles. The number of nitrogens with zero attached hydrogens (tertiary/aromatic N) is 1. The lowest BCUT2D eigenvalue weighted by Crippen LogP contribution is -2.39. The fourth-order valence-corrected chi connectivity index (χ4v) is 2.04. The Kier molecular flexibility index (Phi) is 7.13. The molecule has 4 nitrogen and oxygen atoms in total. The van der Waals surface area contributed by atoms with Crippen molar-refractivity contribution in [1.82, 2.24) is 4.90 Å². The maximum atomic E-state index is 11.8. The normalized spacial score (nSPS) is 12.1. The van der Waals surface area contributed by atoms with Crippen LogP contribution >= 0.6 is 23.2 Å². The van der Waals surface area contributed by atoms with Gasteiger partial charge in [-0.05, 0) is 31.5 Å². The monoisotopic (exact) mass is 318 g/mol. The summed E-state index contributed by atoms with van der Waals surface area (Å²) in [7, 11) is 1.76. The summed E-state index contributed by atoms with van der Waals surface area (Å²) >= 11 is 11.8. The molecule has 0 spiro atoms. The lowest BCUT2D eigenvalue weighted by atomic mass is 10.2. The molecule has 0 fully saturated rings. The molecule has 112 valence electrons. The van der Waals surface area contributed by atoms with Gasteiger partial charge >= 0.3 is 0 Å². The second-order valence-corrected chi connectivity index (χ2v) is 5.46. The number of benzene rings is 1. The van der Waals surface area contributed by atoms with Crippen molar-refractivity contribution in [2.75, 3.05) is 20.2 Å². The molecule has 1 amide bonds. The Morgan fingerprint density at radius 1 is 1.45 bits per heavy atom. The topological polar surface area (TPSA) is 55.6 Å². The number of carbonyl (C=O) groups is 1. The minimum Gasteiger partial charge on any atom is -0.492 e. The third-order valence-electron chi connectivity index (χ3n) is 3.08. The number of likely N-dealkylation sites (N-methyl/N-ethyl adjacent to an activating group) is 1. The number of rotatable bonds is 7. The Balaban J connectivity index is 2.33. The number of carbonyl (C=O) groups excluding carboxylic acids is 1. The number of amides is 1. The van der Waals surface area contributed by atoms with Crippen molar-refractivity contribution in [1.29, 1.82) is 0 Å². The summed E-state index contributed by atoms with van der Waals surface area (Å²) in [5, 5.41) is 1.03. The van der Waals surface area contributed by atoms with Crippen molar-refractivity contribution in [2.45, 2.75) is 25.8 Å². The summed E-state index contributed by atoms with van der Waals surface area (Å²) in [6.07, 6.45) is 1.05. The Morgan fingerprint density at radius 2 is 2.15 bits per heavy atom. The first kappa shape index (κ1) is 17.1. The van der Waals surface area contributed by atoms with Crippen LogP contribution in [0.5, 0.6) is 5.75 Å². The molecule has 0 radical (unpaired) electrons. The number of hydrogen-bond donors (Lipinski definition) is 1. The smallest absolute Gasteiger partial charge is 0.222 e. The Hall–Kier alpha value is -0.970. The van der Waals surface area contributed by atoms with E-state index in [2.05, 4.69) is 0 Å². The molecule has 6 heteroatoms. The van der Waals surface area contributed by atoms with Gasteiger partial charge in [-0.15, -0.1) is 0 Å². The van der Waals surface area contributed by atoms with E-state index in [0.717, 1.165) is 0 Å². The zero-order chi connectivity index (χ0) is 15.1. The van der Waals surface area contributed by atoms with Crippen LogP contribution in [-0.2, 0) is 4.79 Å². The lowest BCUT2D eigenvalue weighted by Gasteiger charge is -2.23. The molecule has 0 aliphatic carbocycles. The maximum Gasteiger partial charge on any atom is 0.222 e. The van der Waals surface area contributed by atoms with E-state index in [1.54, 1.807) is 30.1 Å². The molecule has 1 aromatic carbocycles. The molecule has 1 atom stereocenters. The molecule has 0 saturated heterocycles. The van der Waals surface area contributed by atoms with Gasteiger partial charge in [-0.2, -0.15) is 0 Å². The van der Waals surface area contributed by atoms with Crippen LogP contribution < -0.4 is 10.5 Å². The highest BCUT2D eigenvalue weighted by molar-refractivity contribution is 6.35. The Bertz CT molecular complexity index is 455. The van der Waals surface area contributed by atoms with Crippen molar-refractivity contribution in [3.8, 4) is 5.75 Å². The fourth-order valence-electron chi connectivity index (χ4n) is 1.58. The van der Waals surface area contributed by atoms with Crippen LogP contribution in [-0.4, -0.2) is 37.0 Å². The van der Waals surface area contributed by atoms with Gasteiger partial charge in [0.25, 0.3) is 0 Å². The Morgan fingerprint density at radius 3 is 2.75 bits per heavy atom. The maximum absolute atomic E-state index is 11.8. The molecule has 1 unspecified atom stereocenters. The van der Waals surface area contributed by atoms with E-state index in [0.29, 0.717) is 41.8 Å². The van der Waals surface area contributed by atoms with Gasteiger partial charge in [0.1, 0.15) is 5.75 Å². The van der Waals surface area contributed by atoms with E-state index in [1.165, 1.54) is 0 Å². The molecule has 0 bridgehead atoms. The number of ether oxygens (including phenoxy) is 1. The standard InChI is InChI=1S/C14H20Cl2N2O2/c1-10(9-17)18(2)14(19)4-3-7-20-13-6-5-11(15)8-12(13)16/h5-6,8,10H,3-4,7,9,17H2,1-2H3. The predicted molar refractivity (Wildman–Crippen MR) is 82.5 cm³/mol. The Labute approximate surface area is 129 Å². The molecule has 1 aromatic rings. The van der Waals surface area contributed by atoms with Crippen molar-refractivity contribution in [2.24, 2.45) is 5.73 Å². The van der Waals surface area contributed by atoms with E-state index in [-0.39, 0.29) is 11.9 Å². The first-order valence-electron chi connectivity index (χ1n) is 6.49. The lowest BCUT2D eigenvalue weighted by molar-refractivity contribution is -0.131. The van der Waals surface area contributed by atoms with Gasteiger partial charge in [0.15, 0.2) is 0 Å². The highest BCUT2D eigenvalue weighted by Gasteiger charge is 2.13. The average Bonchev–Trinajstić information content (AvgIpc) is 2.43. The first-order chi connectivity index (χ1) is 9.45. The second kappa shape index (κ2) is 8.35. The zero-order valence-corrected chi connectivity index (χ0v) is 13.2. The van der Waals surface area contributed by atoms with Crippen molar-refractivity contribution >= 4 is 29.1 Å². The van der Waals surface area contributed by atoms with Crippen LogP contribution in [0.25, 0.3) is 0 Å². The summed E-state index contributed by atoms with van der Waals surface area (Å²) in [4.78, 5) is 13.5. The minimum absolute atomic E-state index is 0.0501. The number of halogens is 2. The van der Waals surface area contributed by atoms with Crippen LogP contribution in [0.4, 0.5) is 0 Å². The fraction of sp³-hybridized carbons (Fsp3) is 0.500. The first-order valence-corrected chi connectivity index (χ1v) is 7.25. The van der Waals surface area contributed by atoms with E-state index in [9.17, 15) is 4.79 Å². The third-order valence-corrected chi connectivity index (χ3v) is 3.61. The summed E-state index contributed by atoms with van der Waals surface area (Å²) < 4.78 is 5.52. The van der Waals surface area contributed by atoms with Crippen LogP contribution in [0.15, 0.2) is 18.2 Å². The minimum atomic E-state index is 0.0501. The summed E-state index contributed by atoms with van der Waals surface area (Å²) in [6, 6.07) is 5.11. The molecular weight excluding hydrogens is 299 g/mol. The van der Waals surface area contributed by atoms with E-state index in [4.69, 9.17) is 33.7 Å². The van der Waals surface area contributed by atoms with Crippen LogP contribution in [0, 0.1) is 0 Å². The number of hydrogen-bond acceptors (Lipinski definition) is 3. The van der Waals surface area contributed by atoms with Crippen molar-refractivity contribution in [3.05, 3.63) is 28.2 Å². The molecule has 0 aliphatic heterocycles. The molecule has 1 rings (SSSR count). The molecular formula is C14H20Cl2N2O2. The van der Waals surface area contributed by atoms with Crippen LogP contribution in [0.1, 0.15) is 19.8 Å². The summed E-state index contributed by atoms with van der Waals surface area (Å²) in [6.45, 7) is 2.80. The van der Waals surface area contributed by atoms with Gasteiger partial charge in [-0.3, -0.25) is 4.79 Å². The van der Waals surface area contributed by atoms with Gasteiger partial charge in [0, 0.05) is 31.1 Å². The van der Waals surface area contributed by atoms with Crippen molar-refractivity contribution in [3.63, 3.8) is 0 Å². The van der Waals surface area contributed by atoms with Crippen LogP contribution in [0.2, 0.25) is 10.0 Å². The largest absolute Gasteiger partial charge is 0.492 e. The summed E-state index contributed by atoms with van der Waals surface area (Å²) in [5.74, 6) is 0.640. The van der Waals surface area contributed by atoms with Gasteiger partial charge in [0.05, 0.1) is 11.6 Å². The van der Waals surface area contributed by atoms with Gasteiger partial charge in [0.2, 0.25) is 5.91 Å². The number of nitrogens with two attached hydrogens (primary N) is 1. The van der Waals surface area contributed by atoms with E-state index < -0.39 is 0 Å². The quantitative estimate of drug-likeness (QED) is 0.786. The van der Waals surface area contributed by atoms with Gasteiger partial charge < -0.3 is 15.4 Å². The van der Waals surface area contributed by atoms with Gasteiger partial charge in [-0.1, -0.05) is 23.2 Å². The highest BCUT2D eigenvalue weighted by atomic mass is 35.5. The molecule has 20 heavy (non-hydrogen) atoms.